The van der Waals surface area contributed by atoms with Crippen LogP contribution in [0.25, 0.3) is 0 Å². The summed E-state index contributed by atoms with van der Waals surface area (Å²) in [5.74, 6) is 0. The maximum Gasteiger partial charge on any atom is 0.505 e. The van der Waals surface area contributed by atoms with Gasteiger partial charge in [0.25, 0.3) is 0 Å². The molecule has 0 aromatic heterocycles. The van der Waals surface area contributed by atoms with Crippen LogP contribution < -0.4 is 0 Å². The number of nitrogens with zero attached hydrogens (tertiary/aromatic N) is 2. The summed E-state index contributed by atoms with van der Waals surface area (Å²) in [7, 11) is -6.15. The van der Waals surface area contributed by atoms with Gasteiger partial charge in [-0.25, -0.2) is 0 Å². The summed E-state index contributed by atoms with van der Waals surface area (Å²) in [6.07, 6.45) is 8.95. The first-order chi connectivity index (χ1) is 18.1. The van der Waals surface area contributed by atoms with Crippen LogP contribution in [0, 0.1) is 0 Å². The van der Waals surface area contributed by atoms with Crippen LogP contribution in [0.2, 0.25) is 11.6 Å². The van der Waals surface area contributed by atoms with E-state index in [1.165, 1.54) is 32.1 Å². The Morgan fingerprint density at radius 2 is 0.921 bits per heavy atom. The highest BCUT2D eigenvalue weighted by Crippen LogP contribution is 2.44. The van der Waals surface area contributed by atoms with Crippen molar-refractivity contribution < 1.29 is 26.6 Å². The van der Waals surface area contributed by atoms with E-state index in [1.54, 1.807) is 0 Å². The lowest BCUT2D eigenvalue weighted by molar-refractivity contribution is -0.0921. The zero-order valence-corrected chi connectivity index (χ0v) is 27.3. The fourth-order valence-corrected chi connectivity index (χ4v) is 15.4. The first kappa shape index (κ1) is 31.1. The first-order valence-electron chi connectivity index (χ1n) is 15.6. The van der Waals surface area contributed by atoms with Crippen LogP contribution in [0.4, 0.5) is 0 Å². The van der Waals surface area contributed by atoms with Gasteiger partial charge in [0.15, 0.2) is 0 Å². The molecular weight excluding hydrogens is 516 g/mol. The lowest BCUT2D eigenvalue weighted by atomic mass is 10.1. The molecule has 0 amide bonds. The fraction of sp³-hybridized carbons (Fsp3) is 1.00. The molecule has 0 aliphatic carbocycles. The molecule has 0 spiro atoms. The summed E-state index contributed by atoms with van der Waals surface area (Å²) in [4.78, 5) is 4.86. The normalized spacial score (nSPS) is 44.9. The Bertz CT molecular complexity index is 663. The average Bonchev–Trinajstić information content (AvgIpc) is 2.75. The minimum atomic E-state index is -3.11. The molecule has 7 unspecified atom stereocenters. The van der Waals surface area contributed by atoms with E-state index in [0.29, 0.717) is 6.04 Å². The zero-order chi connectivity index (χ0) is 27.3. The predicted octanol–water partition coefficient (Wildman–Crippen LogP) is 5.07. The van der Waals surface area contributed by atoms with E-state index >= 15 is 0 Å². The lowest BCUT2D eigenvalue weighted by Gasteiger charge is -2.50. The molecule has 6 rings (SSSR count). The van der Waals surface area contributed by atoms with Gasteiger partial charge in [0.2, 0.25) is 0 Å². The largest absolute Gasteiger partial charge is 0.505 e. The van der Waals surface area contributed by atoms with E-state index in [0.717, 1.165) is 52.1 Å². The molecule has 6 aliphatic rings. The van der Waals surface area contributed by atoms with Gasteiger partial charge in [0.1, 0.15) is 0 Å². The second kappa shape index (κ2) is 13.9. The summed E-state index contributed by atoms with van der Waals surface area (Å²) < 4.78 is 41.4. The smallest absolute Gasteiger partial charge is 0.369 e. The Labute approximate surface area is 234 Å². The van der Waals surface area contributed by atoms with Gasteiger partial charge in [-0.3, -0.25) is 9.80 Å². The summed E-state index contributed by atoms with van der Waals surface area (Å²) >= 11 is 0. The Hall–Kier alpha value is 0.114. The molecule has 6 saturated heterocycles. The molecule has 0 radical (unpaired) electrons. The minimum Gasteiger partial charge on any atom is -0.369 e. The zero-order valence-electron chi connectivity index (χ0n) is 25.3. The number of rotatable bonds is 10. The topological polar surface area (TPSA) is 61.9 Å². The van der Waals surface area contributed by atoms with Crippen LogP contribution in [0.15, 0.2) is 0 Å². The third-order valence-electron chi connectivity index (χ3n) is 8.23. The molecule has 7 atom stereocenters. The molecule has 6 heterocycles. The highest BCUT2D eigenvalue weighted by atomic mass is 28.4. The SMILES string of the molecule is CCCCCCCCC(C[Si]12OC(C)CN(CC(C)O1)CC(C)O2)[Si]12OC(C)CN(CC(C)O1)CC(C)O2. The van der Waals surface area contributed by atoms with E-state index in [2.05, 4.69) is 58.3 Å². The molecule has 0 aromatic carbocycles. The maximum absolute atomic E-state index is 6.96. The third-order valence-corrected chi connectivity index (χ3v) is 15.6. The number of hydrogen-bond acceptors (Lipinski definition) is 8. The first-order valence-corrected chi connectivity index (χ1v) is 19.3. The number of hydrogen-bond donors (Lipinski definition) is 0. The van der Waals surface area contributed by atoms with E-state index in [4.69, 9.17) is 26.6 Å². The Morgan fingerprint density at radius 1 is 0.553 bits per heavy atom. The molecule has 0 N–H and O–H groups in total. The predicted molar refractivity (Wildman–Crippen MR) is 154 cm³/mol. The molecule has 0 saturated carbocycles. The maximum atomic E-state index is 6.96. The highest BCUT2D eigenvalue weighted by Gasteiger charge is 2.60. The Balaban J connectivity index is 1.64. The third kappa shape index (κ3) is 8.33. The summed E-state index contributed by atoms with van der Waals surface area (Å²) in [6, 6.07) is 0.711. The van der Waals surface area contributed by atoms with Crippen molar-refractivity contribution in [1.29, 1.82) is 0 Å². The number of fused-ring (bicyclic) bond motifs is 12. The lowest BCUT2D eigenvalue weighted by Crippen LogP contribution is -2.66. The van der Waals surface area contributed by atoms with Crippen molar-refractivity contribution in [1.82, 2.24) is 9.80 Å². The summed E-state index contributed by atoms with van der Waals surface area (Å²) in [6.45, 7) is 20.9. The Morgan fingerprint density at radius 3 is 1.34 bits per heavy atom. The van der Waals surface area contributed by atoms with Crippen molar-refractivity contribution in [2.24, 2.45) is 0 Å². The van der Waals surface area contributed by atoms with Crippen molar-refractivity contribution in [2.45, 2.75) is 142 Å². The van der Waals surface area contributed by atoms with Gasteiger partial charge in [-0.1, -0.05) is 45.4 Å². The van der Waals surface area contributed by atoms with Crippen LogP contribution in [0.1, 0.15) is 93.4 Å². The van der Waals surface area contributed by atoms with Crippen LogP contribution in [-0.2, 0) is 26.6 Å². The summed E-state index contributed by atoms with van der Waals surface area (Å²) in [5.41, 5.74) is 0.0962. The molecule has 10 heteroatoms. The second-order valence-electron chi connectivity index (χ2n) is 12.8. The number of unbranched alkanes of at least 4 members (excludes halogenated alkanes) is 5. The van der Waals surface area contributed by atoms with Crippen LogP contribution in [-0.4, -0.2) is 103 Å². The fourth-order valence-electron chi connectivity index (χ4n) is 7.09. The summed E-state index contributed by atoms with van der Waals surface area (Å²) in [5, 5.41) is 0. The van der Waals surface area contributed by atoms with Gasteiger partial charge in [0, 0.05) is 50.9 Å². The molecule has 222 valence electrons. The van der Waals surface area contributed by atoms with Gasteiger partial charge >= 0.3 is 17.6 Å². The second-order valence-corrected chi connectivity index (χ2v) is 18.0. The van der Waals surface area contributed by atoms with Crippen LogP contribution in [0.5, 0.6) is 0 Å². The van der Waals surface area contributed by atoms with Gasteiger partial charge in [-0.2, -0.15) is 0 Å². The molecule has 8 nitrogen and oxygen atoms in total. The van der Waals surface area contributed by atoms with Gasteiger partial charge in [0.05, 0.1) is 36.6 Å². The van der Waals surface area contributed by atoms with E-state index < -0.39 is 17.6 Å². The Kier molecular flexibility index (Phi) is 11.3. The molecule has 6 fully saturated rings. The van der Waals surface area contributed by atoms with Crippen molar-refractivity contribution in [2.75, 3.05) is 39.3 Å². The molecule has 0 aromatic rings. The standard InChI is InChI=1S/C28H56N2O6Si2/c1-8-9-10-11-12-13-14-28(38-34-25(5)18-30(19-26(6)35-38)20-27(7)36-38)21-37-31-22(2)15-29(16-23(3)32-37)17-24(4)33-37/h22-28H,8-21H2,1-7H3. The van der Waals surface area contributed by atoms with Crippen molar-refractivity contribution >= 4 is 17.6 Å². The van der Waals surface area contributed by atoms with E-state index in [1.807, 2.05) is 0 Å². The molecule has 4 bridgehead atoms. The van der Waals surface area contributed by atoms with Gasteiger partial charge < -0.3 is 26.6 Å². The van der Waals surface area contributed by atoms with Crippen molar-refractivity contribution in [3.8, 4) is 0 Å². The van der Waals surface area contributed by atoms with Crippen LogP contribution >= 0.6 is 0 Å². The van der Waals surface area contributed by atoms with E-state index in [9.17, 15) is 0 Å². The van der Waals surface area contributed by atoms with E-state index in [-0.39, 0.29) is 42.2 Å². The molecular formula is C28H56N2O6Si2. The highest BCUT2D eigenvalue weighted by molar-refractivity contribution is 6.68. The van der Waals surface area contributed by atoms with Gasteiger partial charge in [-0.05, 0) is 48.0 Å². The monoisotopic (exact) mass is 572 g/mol. The molecule has 6 aliphatic heterocycles. The van der Waals surface area contributed by atoms with Crippen molar-refractivity contribution in [3.05, 3.63) is 0 Å². The quantitative estimate of drug-likeness (QED) is 0.266. The minimum absolute atomic E-state index is 0.0654. The average molecular weight is 573 g/mol. The molecule has 38 heavy (non-hydrogen) atoms. The van der Waals surface area contributed by atoms with Crippen LogP contribution in [0.3, 0.4) is 0 Å². The van der Waals surface area contributed by atoms with Crippen molar-refractivity contribution in [3.63, 3.8) is 0 Å². The van der Waals surface area contributed by atoms with Gasteiger partial charge in [-0.15, -0.1) is 0 Å².